The number of methoxy groups -OCH3 is 1. The van der Waals surface area contributed by atoms with Crippen molar-refractivity contribution in [2.24, 2.45) is 0 Å². The van der Waals surface area contributed by atoms with Gasteiger partial charge >= 0.3 is 18.7 Å². The number of hydrogen-bond donors (Lipinski definition) is 6. The van der Waals surface area contributed by atoms with E-state index in [1.165, 1.54) is 31.9 Å². The number of rotatable bonds is 12. The summed E-state index contributed by atoms with van der Waals surface area (Å²) in [4.78, 5) is 48.2. The predicted octanol–water partition coefficient (Wildman–Crippen LogP) is -0.578. The number of esters is 1. The van der Waals surface area contributed by atoms with Crippen LogP contribution in [0.15, 0.2) is 6.33 Å². The zero-order valence-electron chi connectivity index (χ0n) is 23.3. The monoisotopic (exact) mass is 632 g/mol. The molecule has 4 heterocycles. The van der Waals surface area contributed by atoms with Gasteiger partial charge in [0.05, 0.1) is 26.1 Å². The van der Waals surface area contributed by atoms with Crippen molar-refractivity contribution in [3.8, 4) is 5.88 Å². The standard InChI is InChI=1S/C22H33N8O10PS/c1-9(2)39-18(33)10(3)29-41(36,42-7-11-16(32)27-21(34)25-11)38-6-12-14(31)22(4,35)19(40-12)30-8-24-13-15(30)26-20(23)28-17(13)37-5/h8-12,14,19,31,35H,6-7H2,1-5H3,(H,29,36)(H2,23,26,28)(H2,25,27,32,34)/t10-,11+,12-,14-,19-,22-,41?/m1/s1. The number of urea groups is 1. The van der Waals surface area contributed by atoms with Gasteiger partial charge in [0.25, 0.3) is 5.91 Å². The smallest absolute Gasteiger partial charge is 0.327 e. The molecule has 0 aliphatic carbocycles. The fourth-order valence-corrected chi connectivity index (χ4v) is 8.12. The summed E-state index contributed by atoms with van der Waals surface area (Å²) >= 11 is 0.661. The highest BCUT2D eigenvalue weighted by atomic mass is 32.7. The summed E-state index contributed by atoms with van der Waals surface area (Å²) in [7, 11) is 1.38. The molecular weight excluding hydrogens is 599 g/mol. The van der Waals surface area contributed by atoms with Crippen LogP contribution >= 0.6 is 18.1 Å². The first-order chi connectivity index (χ1) is 19.6. The van der Waals surface area contributed by atoms with Gasteiger partial charge in [0.2, 0.25) is 11.8 Å². The van der Waals surface area contributed by atoms with Gasteiger partial charge in [-0.2, -0.15) is 9.97 Å². The van der Waals surface area contributed by atoms with E-state index in [9.17, 15) is 29.2 Å². The lowest BCUT2D eigenvalue weighted by Gasteiger charge is -2.27. The molecule has 2 saturated heterocycles. The molecule has 232 valence electrons. The second kappa shape index (κ2) is 12.3. The number of imidazole rings is 1. The van der Waals surface area contributed by atoms with Crippen molar-refractivity contribution in [3.63, 3.8) is 0 Å². The van der Waals surface area contributed by atoms with E-state index < -0.39 is 73.5 Å². The Hall–Kier alpha value is -3.06. The van der Waals surface area contributed by atoms with Crippen LogP contribution in [0.2, 0.25) is 0 Å². The summed E-state index contributed by atoms with van der Waals surface area (Å²) < 4.78 is 37.2. The normalized spacial score (nSPS) is 28.0. The lowest BCUT2D eigenvalue weighted by Crippen LogP contribution is -2.44. The number of aliphatic hydroxyl groups is 2. The number of carbonyl (C=O) groups excluding carboxylic acids is 3. The number of nitrogen functional groups attached to an aromatic ring is 1. The Balaban J connectivity index is 1.53. The molecule has 0 bridgehead atoms. The van der Waals surface area contributed by atoms with Crippen molar-refractivity contribution in [1.29, 1.82) is 0 Å². The van der Waals surface area contributed by atoms with E-state index in [-0.39, 0.29) is 28.7 Å². The van der Waals surface area contributed by atoms with Gasteiger partial charge in [0.1, 0.15) is 29.9 Å². The maximum absolute atomic E-state index is 13.9. The number of nitrogens with zero attached hydrogens (tertiary/aromatic N) is 4. The summed E-state index contributed by atoms with van der Waals surface area (Å²) in [6.07, 6.45) is -3.16. The van der Waals surface area contributed by atoms with Gasteiger partial charge in [-0.1, -0.05) is 11.4 Å². The molecule has 2 fully saturated rings. The van der Waals surface area contributed by atoms with Crippen LogP contribution < -0.4 is 26.2 Å². The van der Waals surface area contributed by atoms with Crippen LogP contribution in [0.4, 0.5) is 10.7 Å². The van der Waals surface area contributed by atoms with Gasteiger partial charge in [-0.05, 0) is 27.7 Å². The third kappa shape index (κ3) is 6.61. The SMILES string of the molecule is COc1nc(N)nc2c1ncn2[C@@H]1O[C@H](COP(=O)(N[C@H](C)C(=O)OC(C)C)SC[C@@H]2NC(=O)NC2=O)[C@@H](O)[C@@]1(C)O. The molecule has 0 aromatic carbocycles. The third-order valence-electron chi connectivity index (χ3n) is 6.34. The van der Waals surface area contributed by atoms with Crippen LogP contribution in [-0.2, 0) is 28.2 Å². The number of anilines is 1. The maximum atomic E-state index is 13.9. The molecule has 2 aliphatic heterocycles. The summed E-state index contributed by atoms with van der Waals surface area (Å²) in [5.41, 5.74) is 4.26. The molecular formula is C22H33N8O10PS. The molecule has 20 heteroatoms. The first kappa shape index (κ1) is 31.9. The Labute approximate surface area is 243 Å². The number of nitrogens with two attached hydrogens (primary N) is 1. The van der Waals surface area contributed by atoms with Gasteiger partial charge in [-0.25, -0.2) is 14.9 Å². The molecule has 3 amide bonds. The second-order valence-electron chi connectivity index (χ2n) is 10.1. The minimum absolute atomic E-state index is 0.0932. The Bertz CT molecular complexity index is 1410. The zero-order chi connectivity index (χ0) is 31.0. The molecule has 18 nitrogen and oxygen atoms in total. The Morgan fingerprint density at radius 3 is 2.69 bits per heavy atom. The van der Waals surface area contributed by atoms with E-state index in [4.69, 9.17) is 24.5 Å². The van der Waals surface area contributed by atoms with Gasteiger partial charge in [0, 0.05) is 5.75 Å². The Morgan fingerprint density at radius 2 is 2.07 bits per heavy atom. The van der Waals surface area contributed by atoms with Crippen molar-refractivity contribution >= 4 is 53.1 Å². The molecule has 7 N–H and O–H groups in total. The van der Waals surface area contributed by atoms with Crippen molar-refractivity contribution < 1.29 is 47.9 Å². The van der Waals surface area contributed by atoms with Crippen LogP contribution in [0.1, 0.15) is 33.9 Å². The first-order valence-corrected chi connectivity index (χ1v) is 16.0. The number of hydrogen-bond acceptors (Lipinski definition) is 15. The molecule has 0 radical (unpaired) electrons. The number of aromatic nitrogens is 4. The minimum atomic E-state index is -4.04. The van der Waals surface area contributed by atoms with E-state index in [1.807, 2.05) is 0 Å². The first-order valence-electron chi connectivity index (χ1n) is 12.7. The van der Waals surface area contributed by atoms with Crippen molar-refractivity contribution in [2.75, 3.05) is 25.2 Å². The molecule has 2 aliphatic rings. The van der Waals surface area contributed by atoms with Crippen molar-refractivity contribution in [2.45, 2.75) is 69.9 Å². The number of amides is 3. The van der Waals surface area contributed by atoms with E-state index >= 15 is 0 Å². The number of nitrogens with one attached hydrogen (secondary N) is 3. The van der Waals surface area contributed by atoms with E-state index in [0.717, 1.165) is 0 Å². The van der Waals surface area contributed by atoms with Crippen LogP contribution in [-0.4, -0.2) is 103 Å². The molecule has 0 spiro atoms. The number of imide groups is 1. The average Bonchev–Trinajstić information content (AvgIpc) is 3.53. The third-order valence-corrected chi connectivity index (χ3v) is 10.5. The molecule has 42 heavy (non-hydrogen) atoms. The number of fused-ring (bicyclic) bond motifs is 1. The Kier molecular flexibility index (Phi) is 9.31. The summed E-state index contributed by atoms with van der Waals surface area (Å²) in [6, 6.07) is -2.80. The van der Waals surface area contributed by atoms with Crippen molar-refractivity contribution in [1.82, 2.24) is 35.2 Å². The average molecular weight is 633 g/mol. The topological polar surface area (TPSA) is 251 Å². The van der Waals surface area contributed by atoms with E-state index in [0.29, 0.717) is 11.4 Å². The molecule has 4 rings (SSSR count). The fourth-order valence-electron chi connectivity index (χ4n) is 4.25. The predicted molar refractivity (Wildman–Crippen MR) is 147 cm³/mol. The van der Waals surface area contributed by atoms with Crippen LogP contribution in [0, 0.1) is 0 Å². The number of carbonyl (C=O) groups is 3. The lowest BCUT2D eigenvalue weighted by molar-refractivity contribution is -0.149. The van der Waals surface area contributed by atoms with Crippen LogP contribution in [0.5, 0.6) is 5.88 Å². The van der Waals surface area contributed by atoms with Gasteiger partial charge < -0.3 is 40.0 Å². The summed E-state index contributed by atoms with van der Waals surface area (Å²) in [5, 5.41) is 29.3. The molecule has 2 aromatic heterocycles. The summed E-state index contributed by atoms with van der Waals surface area (Å²) in [6.45, 7) is 1.48. The van der Waals surface area contributed by atoms with Crippen LogP contribution in [0.25, 0.3) is 11.2 Å². The molecule has 0 saturated carbocycles. The van der Waals surface area contributed by atoms with Gasteiger partial charge in [0.15, 0.2) is 17.4 Å². The largest absolute Gasteiger partial charge is 0.479 e. The maximum Gasteiger partial charge on any atom is 0.327 e. The highest BCUT2D eigenvalue weighted by molar-refractivity contribution is 8.56. The highest BCUT2D eigenvalue weighted by Gasteiger charge is 2.54. The minimum Gasteiger partial charge on any atom is -0.479 e. The molecule has 7 atom stereocenters. The lowest BCUT2D eigenvalue weighted by atomic mass is 9.96. The summed E-state index contributed by atoms with van der Waals surface area (Å²) in [5.74, 6) is -1.53. The highest BCUT2D eigenvalue weighted by Crippen LogP contribution is 2.57. The number of aliphatic hydroxyl groups excluding tert-OH is 1. The van der Waals surface area contributed by atoms with Crippen molar-refractivity contribution in [3.05, 3.63) is 6.33 Å². The van der Waals surface area contributed by atoms with E-state index in [1.54, 1.807) is 13.8 Å². The number of ether oxygens (including phenoxy) is 3. The second-order valence-corrected chi connectivity index (χ2v) is 14.4. The quantitative estimate of drug-likeness (QED) is 0.0972. The van der Waals surface area contributed by atoms with Gasteiger partial charge in [-0.3, -0.25) is 24.0 Å². The van der Waals surface area contributed by atoms with E-state index in [2.05, 4.69) is 30.7 Å². The fraction of sp³-hybridized carbons (Fsp3) is 0.636. The van der Waals surface area contributed by atoms with Gasteiger partial charge in [-0.15, -0.1) is 0 Å². The molecule has 1 unspecified atom stereocenters. The Morgan fingerprint density at radius 1 is 1.36 bits per heavy atom. The molecule has 2 aromatic rings. The zero-order valence-corrected chi connectivity index (χ0v) is 25.0. The van der Waals surface area contributed by atoms with Crippen LogP contribution in [0.3, 0.4) is 0 Å².